The summed E-state index contributed by atoms with van der Waals surface area (Å²) in [6.07, 6.45) is -0.0587. The van der Waals surface area contributed by atoms with Crippen molar-refractivity contribution in [2.24, 2.45) is 0 Å². The third kappa shape index (κ3) is 4.68. The standard InChI is InChI=1S/C21H18F2N2O3/c1-28-21(27)19(12-15-8-7-14-4-2-3-5-18(14)24-15)25-20(26)11-13-6-9-16(22)17(23)10-13/h2-10,19H,11-12H2,1H3,(H,25,26)/t19-/m0/s1. The number of hydrogen-bond acceptors (Lipinski definition) is 4. The van der Waals surface area contributed by atoms with Crippen molar-refractivity contribution in [2.45, 2.75) is 18.9 Å². The van der Waals surface area contributed by atoms with Crippen molar-refractivity contribution >= 4 is 22.8 Å². The second kappa shape index (κ2) is 8.56. The lowest BCUT2D eigenvalue weighted by molar-refractivity contribution is -0.145. The van der Waals surface area contributed by atoms with E-state index in [1.54, 1.807) is 6.07 Å². The molecule has 28 heavy (non-hydrogen) atoms. The minimum atomic E-state index is -1.03. The van der Waals surface area contributed by atoms with Gasteiger partial charge in [0.1, 0.15) is 6.04 Å². The summed E-state index contributed by atoms with van der Waals surface area (Å²) in [5, 5.41) is 3.54. The summed E-state index contributed by atoms with van der Waals surface area (Å²) in [7, 11) is 1.23. The first-order valence-corrected chi connectivity index (χ1v) is 8.62. The summed E-state index contributed by atoms with van der Waals surface area (Å²) in [5.41, 5.74) is 1.68. The summed E-state index contributed by atoms with van der Waals surface area (Å²) in [6, 6.07) is 13.5. The summed E-state index contributed by atoms with van der Waals surface area (Å²) in [6.45, 7) is 0. The number of carbonyl (C=O) groups excluding carboxylic acids is 2. The molecule has 1 aromatic heterocycles. The van der Waals surface area contributed by atoms with Gasteiger partial charge in [0.25, 0.3) is 0 Å². The Morgan fingerprint density at radius 2 is 1.86 bits per heavy atom. The van der Waals surface area contributed by atoms with Crippen LogP contribution in [0.25, 0.3) is 10.9 Å². The molecular formula is C21H18F2N2O3. The number of para-hydroxylation sites is 1. The van der Waals surface area contributed by atoms with Gasteiger partial charge in [0.15, 0.2) is 11.6 Å². The molecule has 1 amide bonds. The van der Waals surface area contributed by atoms with Crippen LogP contribution < -0.4 is 5.32 Å². The van der Waals surface area contributed by atoms with Gasteiger partial charge in [-0.25, -0.2) is 13.6 Å². The Kier molecular flexibility index (Phi) is 5.93. The number of rotatable bonds is 6. The molecule has 0 aliphatic carbocycles. The molecule has 0 unspecified atom stereocenters. The van der Waals surface area contributed by atoms with Gasteiger partial charge in [0.2, 0.25) is 5.91 Å². The number of carbonyl (C=O) groups is 2. The SMILES string of the molecule is COC(=O)[C@H](Cc1ccc2ccccc2n1)NC(=O)Cc1ccc(F)c(F)c1. The Hall–Kier alpha value is -3.35. The number of benzene rings is 2. The first-order valence-electron chi connectivity index (χ1n) is 8.62. The van der Waals surface area contributed by atoms with Crippen LogP contribution in [-0.4, -0.2) is 30.0 Å². The molecule has 1 heterocycles. The highest BCUT2D eigenvalue weighted by atomic mass is 19.2. The number of fused-ring (bicyclic) bond motifs is 1. The lowest BCUT2D eigenvalue weighted by Crippen LogP contribution is -2.43. The van der Waals surface area contributed by atoms with Crippen LogP contribution >= 0.6 is 0 Å². The molecule has 0 aliphatic heterocycles. The third-order valence-electron chi connectivity index (χ3n) is 4.24. The third-order valence-corrected chi connectivity index (χ3v) is 4.24. The van der Waals surface area contributed by atoms with Crippen LogP contribution in [0.4, 0.5) is 8.78 Å². The number of ether oxygens (including phenoxy) is 1. The lowest BCUT2D eigenvalue weighted by Gasteiger charge is -2.16. The zero-order valence-corrected chi connectivity index (χ0v) is 15.1. The molecule has 1 N–H and O–H groups in total. The molecule has 1 atom stereocenters. The molecule has 0 radical (unpaired) electrons. The number of pyridine rings is 1. The minimum absolute atomic E-state index is 0.140. The second-order valence-electron chi connectivity index (χ2n) is 6.27. The number of hydrogen-bond donors (Lipinski definition) is 1. The number of amides is 1. The van der Waals surface area contributed by atoms with Crippen LogP contribution in [-0.2, 0) is 27.2 Å². The first-order chi connectivity index (χ1) is 13.5. The van der Waals surface area contributed by atoms with E-state index in [0.29, 0.717) is 11.3 Å². The van der Waals surface area contributed by atoms with Crippen LogP contribution in [0.3, 0.4) is 0 Å². The Morgan fingerprint density at radius 1 is 1.07 bits per heavy atom. The van der Waals surface area contributed by atoms with Gasteiger partial charge in [0.05, 0.1) is 19.0 Å². The van der Waals surface area contributed by atoms with Gasteiger partial charge in [-0.3, -0.25) is 9.78 Å². The van der Waals surface area contributed by atoms with Crippen LogP contribution in [0.1, 0.15) is 11.3 Å². The van der Waals surface area contributed by atoms with Gasteiger partial charge < -0.3 is 10.1 Å². The summed E-state index contributed by atoms with van der Waals surface area (Å²) in [5.74, 6) is -3.15. The van der Waals surface area contributed by atoms with Gasteiger partial charge in [0, 0.05) is 17.5 Å². The van der Waals surface area contributed by atoms with Crippen LogP contribution in [0.2, 0.25) is 0 Å². The smallest absolute Gasteiger partial charge is 0.328 e. The zero-order chi connectivity index (χ0) is 20.1. The molecule has 0 saturated carbocycles. The Bertz CT molecular complexity index is 1020. The Labute approximate surface area is 160 Å². The fraction of sp³-hybridized carbons (Fsp3) is 0.190. The molecule has 2 aromatic carbocycles. The maximum Gasteiger partial charge on any atom is 0.328 e. The molecule has 0 bridgehead atoms. The number of halogens is 2. The number of aromatic nitrogens is 1. The minimum Gasteiger partial charge on any atom is -0.467 e. The molecule has 0 saturated heterocycles. The van der Waals surface area contributed by atoms with Crippen molar-refractivity contribution in [2.75, 3.05) is 7.11 Å². The summed E-state index contributed by atoms with van der Waals surface area (Å²) < 4.78 is 31.1. The van der Waals surface area contributed by atoms with Gasteiger partial charge >= 0.3 is 5.97 Å². The van der Waals surface area contributed by atoms with E-state index in [9.17, 15) is 18.4 Å². The van der Waals surface area contributed by atoms with E-state index in [1.165, 1.54) is 13.2 Å². The van der Waals surface area contributed by atoms with Crippen molar-refractivity contribution in [1.82, 2.24) is 10.3 Å². The molecule has 7 heteroatoms. The van der Waals surface area contributed by atoms with E-state index in [2.05, 4.69) is 10.3 Å². The van der Waals surface area contributed by atoms with Crippen LogP contribution in [0.15, 0.2) is 54.6 Å². The molecule has 0 spiro atoms. The van der Waals surface area contributed by atoms with E-state index in [0.717, 1.165) is 23.0 Å². The number of nitrogens with one attached hydrogen (secondary N) is 1. The van der Waals surface area contributed by atoms with E-state index in [4.69, 9.17) is 4.74 Å². The van der Waals surface area contributed by atoms with Crippen molar-refractivity contribution < 1.29 is 23.1 Å². The van der Waals surface area contributed by atoms with E-state index in [1.807, 2.05) is 30.3 Å². The average molecular weight is 384 g/mol. The Morgan fingerprint density at radius 3 is 2.61 bits per heavy atom. The Balaban J connectivity index is 1.72. The number of esters is 1. The quantitative estimate of drug-likeness (QED) is 0.664. The van der Waals surface area contributed by atoms with Gasteiger partial charge in [-0.15, -0.1) is 0 Å². The molecule has 144 valence electrons. The van der Waals surface area contributed by atoms with E-state index >= 15 is 0 Å². The highest BCUT2D eigenvalue weighted by molar-refractivity contribution is 5.86. The van der Waals surface area contributed by atoms with Gasteiger partial charge in [-0.2, -0.15) is 0 Å². The maximum atomic E-state index is 13.3. The highest BCUT2D eigenvalue weighted by Crippen LogP contribution is 2.14. The van der Waals surface area contributed by atoms with Crippen LogP contribution in [0, 0.1) is 11.6 Å². The predicted molar refractivity (Wildman–Crippen MR) is 99.5 cm³/mol. The first kappa shape index (κ1) is 19.4. The van der Waals surface area contributed by atoms with Crippen molar-refractivity contribution in [3.05, 3.63) is 77.5 Å². The number of nitrogens with zero attached hydrogens (tertiary/aromatic N) is 1. The molecule has 3 rings (SSSR count). The topological polar surface area (TPSA) is 68.3 Å². The lowest BCUT2D eigenvalue weighted by atomic mass is 10.1. The highest BCUT2D eigenvalue weighted by Gasteiger charge is 2.23. The summed E-state index contributed by atoms with van der Waals surface area (Å²) >= 11 is 0. The number of methoxy groups -OCH3 is 1. The summed E-state index contributed by atoms with van der Waals surface area (Å²) in [4.78, 5) is 28.9. The fourth-order valence-corrected chi connectivity index (χ4v) is 2.85. The molecular weight excluding hydrogens is 366 g/mol. The van der Waals surface area contributed by atoms with Gasteiger partial charge in [-0.05, 0) is 29.8 Å². The largest absolute Gasteiger partial charge is 0.467 e. The zero-order valence-electron chi connectivity index (χ0n) is 15.1. The predicted octanol–water partition coefficient (Wildman–Crippen LogP) is 2.96. The molecule has 0 fully saturated rings. The second-order valence-corrected chi connectivity index (χ2v) is 6.27. The van der Waals surface area contributed by atoms with Gasteiger partial charge in [-0.1, -0.05) is 30.3 Å². The normalized spacial score (nSPS) is 11.8. The average Bonchev–Trinajstić information content (AvgIpc) is 2.69. The fourth-order valence-electron chi connectivity index (χ4n) is 2.85. The van der Waals surface area contributed by atoms with E-state index in [-0.39, 0.29) is 12.8 Å². The molecule has 3 aromatic rings. The molecule has 0 aliphatic rings. The molecule has 5 nitrogen and oxygen atoms in total. The van der Waals surface area contributed by atoms with Crippen LogP contribution in [0.5, 0.6) is 0 Å². The monoisotopic (exact) mass is 384 g/mol. The maximum absolute atomic E-state index is 13.3. The van der Waals surface area contributed by atoms with E-state index < -0.39 is 29.6 Å². The van der Waals surface area contributed by atoms with Crippen molar-refractivity contribution in [3.63, 3.8) is 0 Å². The van der Waals surface area contributed by atoms with Crippen molar-refractivity contribution in [3.8, 4) is 0 Å². The van der Waals surface area contributed by atoms with Crippen molar-refractivity contribution in [1.29, 1.82) is 0 Å².